The van der Waals surface area contributed by atoms with E-state index in [4.69, 9.17) is 18.8 Å². The molecule has 3 heterocycles. The van der Waals surface area contributed by atoms with Gasteiger partial charge in [0.2, 0.25) is 0 Å². The third-order valence-corrected chi connectivity index (χ3v) is 10.3. The van der Waals surface area contributed by atoms with Crippen molar-refractivity contribution in [3.63, 3.8) is 0 Å². The molecule has 52 heavy (non-hydrogen) atoms. The summed E-state index contributed by atoms with van der Waals surface area (Å²) in [5, 5.41) is 7.61. The summed E-state index contributed by atoms with van der Waals surface area (Å²) in [5.74, 6) is 0.606. The van der Waals surface area contributed by atoms with Crippen molar-refractivity contribution in [2.45, 2.75) is 0 Å². The van der Waals surface area contributed by atoms with Gasteiger partial charge in [0.25, 0.3) is 0 Å². The Morgan fingerprint density at radius 1 is 0.365 bits per heavy atom. The van der Waals surface area contributed by atoms with Crippen LogP contribution in [-0.4, -0.2) is 9.97 Å². The molecule has 0 radical (unpaired) electrons. The van der Waals surface area contributed by atoms with Crippen molar-refractivity contribution in [2.75, 3.05) is 0 Å². The van der Waals surface area contributed by atoms with Gasteiger partial charge in [-0.05, 0) is 75.5 Å². The minimum atomic E-state index is 0.606. The van der Waals surface area contributed by atoms with E-state index in [9.17, 15) is 0 Å². The first-order valence-corrected chi connectivity index (χ1v) is 17.5. The summed E-state index contributed by atoms with van der Waals surface area (Å²) in [6.07, 6.45) is 0. The van der Waals surface area contributed by atoms with E-state index in [2.05, 4.69) is 133 Å². The molecule has 0 bridgehead atoms. The Balaban J connectivity index is 1.17. The normalized spacial score (nSPS) is 11.8. The topological polar surface area (TPSA) is 52.1 Å². The third-order valence-electron chi connectivity index (χ3n) is 10.3. The monoisotopic (exact) mass is 664 g/mol. The van der Waals surface area contributed by atoms with Crippen LogP contribution < -0.4 is 0 Å². The molecule has 0 amide bonds. The molecule has 0 spiro atoms. The molecule has 0 saturated carbocycles. The van der Waals surface area contributed by atoms with Crippen molar-refractivity contribution in [3.8, 4) is 44.9 Å². The summed E-state index contributed by atoms with van der Waals surface area (Å²) in [6, 6.07) is 59.1. The number of para-hydroxylation sites is 2. The third kappa shape index (κ3) is 4.48. The molecule has 4 nitrogen and oxygen atoms in total. The molecule has 0 saturated heterocycles. The first-order chi connectivity index (χ1) is 25.7. The number of nitrogens with zero attached hydrogens (tertiary/aromatic N) is 2. The van der Waals surface area contributed by atoms with Crippen LogP contribution in [0.5, 0.6) is 0 Å². The van der Waals surface area contributed by atoms with Crippen molar-refractivity contribution in [1.29, 1.82) is 0 Å². The van der Waals surface area contributed by atoms with Crippen LogP contribution in [0.1, 0.15) is 0 Å². The first kappa shape index (κ1) is 28.8. The van der Waals surface area contributed by atoms with E-state index >= 15 is 0 Å². The minimum absolute atomic E-state index is 0.606. The molecule has 0 atom stereocenters. The van der Waals surface area contributed by atoms with Crippen molar-refractivity contribution in [1.82, 2.24) is 9.97 Å². The lowest BCUT2D eigenvalue weighted by molar-refractivity contribution is 0.669. The summed E-state index contributed by atoms with van der Waals surface area (Å²) in [6.45, 7) is 0. The number of fused-ring (bicyclic) bond motifs is 9. The molecule has 0 aliphatic carbocycles. The smallest absolute Gasteiger partial charge is 0.164 e. The van der Waals surface area contributed by atoms with Gasteiger partial charge in [-0.2, -0.15) is 0 Å². The fourth-order valence-electron chi connectivity index (χ4n) is 7.76. The summed E-state index contributed by atoms with van der Waals surface area (Å²) in [4.78, 5) is 10.6. The van der Waals surface area contributed by atoms with Gasteiger partial charge in [-0.15, -0.1) is 0 Å². The molecule has 0 aliphatic rings. The van der Waals surface area contributed by atoms with Crippen molar-refractivity contribution >= 4 is 65.6 Å². The van der Waals surface area contributed by atoms with Crippen molar-refractivity contribution in [2.24, 2.45) is 0 Å². The van der Waals surface area contributed by atoms with Gasteiger partial charge in [-0.3, -0.25) is 0 Å². The molecule has 3 aromatic heterocycles. The lowest BCUT2D eigenvalue weighted by Gasteiger charge is -2.12. The Bertz CT molecular complexity index is 3170. The molecule has 0 N–H and O–H groups in total. The zero-order chi connectivity index (χ0) is 34.2. The SMILES string of the molecule is c1ccc(-c2ccc(-c3cc(-c4nc(-c5ccc6c(c5)oc5ccccc56)c5ccccc5n4)c4oc5ccc6ccccc6c5c4c3)cc2)cc1. The highest BCUT2D eigenvalue weighted by Crippen LogP contribution is 2.43. The Hall–Kier alpha value is -7.04. The van der Waals surface area contributed by atoms with E-state index in [1.165, 1.54) is 16.5 Å². The van der Waals surface area contributed by atoms with Crippen LogP contribution in [0.2, 0.25) is 0 Å². The average Bonchev–Trinajstić information content (AvgIpc) is 3.79. The second-order valence-electron chi connectivity index (χ2n) is 13.3. The van der Waals surface area contributed by atoms with Crippen LogP contribution >= 0.6 is 0 Å². The van der Waals surface area contributed by atoms with Crippen LogP contribution in [0.3, 0.4) is 0 Å². The molecule has 11 rings (SSSR count). The number of hydrogen-bond acceptors (Lipinski definition) is 4. The molecule has 0 unspecified atom stereocenters. The Labute approximate surface area is 298 Å². The number of aromatic nitrogens is 2. The average molecular weight is 665 g/mol. The minimum Gasteiger partial charge on any atom is -0.456 e. The van der Waals surface area contributed by atoms with Crippen LogP contribution in [-0.2, 0) is 0 Å². The molecule has 242 valence electrons. The maximum absolute atomic E-state index is 6.77. The largest absolute Gasteiger partial charge is 0.456 e. The van der Waals surface area contributed by atoms with Gasteiger partial charge in [0.15, 0.2) is 5.82 Å². The van der Waals surface area contributed by atoms with E-state index in [1.54, 1.807) is 0 Å². The summed E-state index contributed by atoms with van der Waals surface area (Å²) in [5.41, 5.74) is 11.4. The van der Waals surface area contributed by atoms with E-state index in [1.807, 2.05) is 36.4 Å². The second-order valence-corrected chi connectivity index (χ2v) is 13.3. The highest BCUT2D eigenvalue weighted by molar-refractivity contribution is 6.21. The Morgan fingerprint density at radius 2 is 1.04 bits per heavy atom. The van der Waals surface area contributed by atoms with Crippen LogP contribution in [0.15, 0.2) is 179 Å². The number of hydrogen-bond donors (Lipinski definition) is 0. The fraction of sp³-hybridized carbons (Fsp3) is 0. The molecule has 0 fully saturated rings. The quantitative estimate of drug-likeness (QED) is 0.188. The van der Waals surface area contributed by atoms with Gasteiger partial charge >= 0.3 is 0 Å². The summed E-state index contributed by atoms with van der Waals surface area (Å²) >= 11 is 0. The number of benzene rings is 8. The van der Waals surface area contributed by atoms with Crippen molar-refractivity contribution in [3.05, 3.63) is 170 Å². The van der Waals surface area contributed by atoms with Crippen LogP contribution in [0.4, 0.5) is 0 Å². The Morgan fingerprint density at radius 3 is 1.90 bits per heavy atom. The fourth-order valence-corrected chi connectivity index (χ4v) is 7.76. The number of rotatable bonds is 4. The molecule has 11 aromatic rings. The van der Waals surface area contributed by atoms with E-state index in [-0.39, 0.29) is 0 Å². The zero-order valence-electron chi connectivity index (χ0n) is 27.9. The Kier molecular flexibility index (Phi) is 6.22. The summed E-state index contributed by atoms with van der Waals surface area (Å²) in [7, 11) is 0. The molecule has 0 aliphatic heterocycles. The highest BCUT2D eigenvalue weighted by Gasteiger charge is 2.21. The van der Waals surface area contributed by atoms with Gasteiger partial charge in [0.05, 0.1) is 16.8 Å². The number of furan rings is 2. The second kappa shape index (κ2) is 11.2. The van der Waals surface area contributed by atoms with Gasteiger partial charge in [0.1, 0.15) is 22.3 Å². The maximum atomic E-state index is 6.77. The van der Waals surface area contributed by atoms with Crippen molar-refractivity contribution < 1.29 is 8.83 Å². The van der Waals surface area contributed by atoms with Crippen LogP contribution in [0.25, 0.3) is 110 Å². The molecule has 4 heteroatoms. The molecule has 8 aromatic carbocycles. The highest BCUT2D eigenvalue weighted by atomic mass is 16.3. The standard InChI is InChI=1S/C48H28N2O2/c1-2-10-29(11-3-1)30-18-20-31(21-19-30)34-26-39-45-35-13-5-4-12-32(35)23-25-43(45)52-47(39)40(27-34)48-49-41-16-8-6-15-38(41)46(50-48)33-22-24-37-36-14-7-9-17-42(36)51-44(37)28-33/h1-28H. The zero-order valence-corrected chi connectivity index (χ0v) is 27.9. The van der Waals surface area contributed by atoms with Gasteiger partial charge < -0.3 is 8.83 Å². The van der Waals surface area contributed by atoms with Gasteiger partial charge in [-0.25, -0.2) is 9.97 Å². The lowest BCUT2D eigenvalue weighted by atomic mass is 9.95. The van der Waals surface area contributed by atoms with Gasteiger partial charge in [-0.1, -0.05) is 127 Å². The summed E-state index contributed by atoms with van der Waals surface area (Å²) < 4.78 is 13.1. The predicted octanol–water partition coefficient (Wildman–Crippen LogP) is 13.2. The maximum Gasteiger partial charge on any atom is 0.164 e. The van der Waals surface area contributed by atoms with Gasteiger partial charge in [0, 0.05) is 32.5 Å². The molecular formula is C48H28N2O2. The first-order valence-electron chi connectivity index (χ1n) is 17.5. The van der Waals surface area contributed by atoms with E-state index < -0.39 is 0 Å². The van der Waals surface area contributed by atoms with Crippen LogP contribution in [0, 0.1) is 0 Å². The predicted molar refractivity (Wildman–Crippen MR) is 213 cm³/mol. The lowest BCUT2D eigenvalue weighted by Crippen LogP contribution is -1.96. The van der Waals surface area contributed by atoms with E-state index in [0.29, 0.717) is 5.82 Å². The van der Waals surface area contributed by atoms with E-state index in [0.717, 1.165) is 88.1 Å². The molecular weight excluding hydrogens is 637 g/mol.